The highest BCUT2D eigenvalue weighted by Crippen LogP contribution is 2.26. The van der Waals surface area contributed by atoms with Gasteiger partial charge in [-0.15, -0.1) is 0 Å². The van der Waals surface area contributed by atoms with Crippen molar-refractivity contribution in [3.8, 4) is 0 Å². The van der Waals surface area contributed by atoms with Crippen LogP contribution in [0.2, 0.25) is 0 Å². The molecule has 1 aromatic heterocycles. The zero-order valence-corrected chi connectivity index (χ0v) is 10.1. The number of rotatable bonds is 4. The van der Waals surface area contributed by atoms with Crippen LogP contribution in [-0.4, -0.2) is 21.3 Å². The SMILES string of the molecule is Cc1cccc(C(CC(=O)O)c2cccnn2)c1. The van der Waals surface area contributed by atoms with Gasteiger partial charge in [-0.3, -0.25) is 4.79 Å². The fourth-order valence-electron chi connectivity index (χ4n) is 1.95. The van der Waals surface area contributed by atoms with Gasteiger partial charge in [0.1, 0.15) is 0 Å². The van der Waals surface area contributed by atoms with E-state index < -0.39 is 5.97 Å². The van der Waals surface area contributed by atoms with Gasteiger partial charge in [0.25, 0.3) is 0 Å². The molecule has 1 heterocycles. The third-order valence-corrected chi connectivity index (χ3v) is 2.77. The van der Waals surface area contributed by atoms with Crippen molar-refractivity contribution in [2.24, 2.45) is 0 Å². The number of aromatic nitrogens is 2. The van der Waals surface area contributed by atoms with Crippen molar-refractivity contribution in [2.45, 2.75) is 19.3 Å². The van der Waals surface area contributed by atoms with Gasteiger partial charge in [0, 0.05) is 12.1 Å². The van der Waals surface area contributed by atoms with Crippen molar-refractivity contribution >= 4 is 5.97 Å². The number of benzene rings is 1. The van der Waals surface area contributed by atoms with Crippen LogP contribution in [-0.2, 0) is 4.79 Å². The number of hydrogen-bond acceptors (Lipinski definition) is 3. The molecule has 92 valence electrons. The number of hydrogen-bond donors (Lipinski definition) is 1. The summed E-state index contributed by atoms with van der Waals surface area (Å²) in [6.07, 6.45) is 1.60. The van der Waals surface area contributed by atoms with Crippen LogP contribution in [0.15, 0.2) is 42.6 Å². The van der Waals surface area contributed by atoms with Crippen LogP contribution in [0, 0.1) is 6.92 Å². The first-order valence-electron chi connectivity index (χ1n) is 5.73. The van der Waals surface area contributed by atoms with E-state index in [1.54, 1.807) is 12.3 Å². The molecule has 0 aliphatic heterocycles. The summed E-state index contributed by atoms with van der Waals surface area (Å²) >= 11 is 0. The molecule has 2 rings (SSSR count). The van der Waals surface area contributed by atoms with Gasteiger partial charge in [-0.25, -0.2) is 0 Å². The monoisotopic (exact) mass is 242 g/mol. The molecule has 2 aromatic rings. The number of aryl methyl sites for hydroxylation is 1. The largest absolute Gasteiger partial charge is 0.481 e. The molecule has 4 heteroatoms. The number of nitrogens with zero attached hydrogens (tertiary/aromatic N) is 2. The normalized spacial score (nSPS) is 12.1. The van der Waals surface area contributed by atoms with Crippen LogP contribution >= 0.6 is 0 Å². The molecule has 0 bridgehead atoms. The van der Waals surface area contributed by atoms with Crippen molar-refractivity contribution in [1.29, 1.82) is 0 Å². The molecule has 4 nitrogen and oxygen atoms in total. The highest BCUT2D eigenvalue weighted by Gasteiger charge is 2.19. The molecule has 0 aliphatic rings. The summed E-state index contributed by atoms with van der Waals surface area (Å²) in [5.41, 5.74) is 2.75. The van der Waals surface area contributed by atoms with Crippen molar-refractivity contribution in [1.82, 2.24) is 10.2 Å². The van der Waals surface area contributed by atoms with Gasteiger partial charge in [-0.1, -0.05) is 29.8 Å². The Hall–Kier alpha value is -2.23. The smallest absolute Gasteiger partial charge is 0.304 e. The van der Waals surface area contributed by atoms with Gasteiger partial charge in [0.2, 0.25) is 0 Å². The Balaban J connectivity index is 2.40. The maximum atomic E-state index is 11.0. The highest BCUT2D eigenvalue weighted by atomic mass is 16.4. The second kappa shape index (κ2) is 5.40. The van der Waals surface area contributed by atoms with Crippen molar-refractivity contribution < 1.29 is 9.90 Å². The molecule has 0 aliphatic carbocycles. The highest BCUT2D eigenvalue weighted by molar-refractivity contribution is 5.68. The topological polar surface area (TPSA) is 63.1 Å². The molecule has 0 saturated carbocycles. The molecule has 1 N–H and O–H groups in total. The lowest BCUT2D eigenvalue weighted by Gasteiger charge is -2.14. The summed E-state index contributed by atoms with van der Waals surface area (Å²) < 4.78 is 0. The number of carbonyl (C=O) groups is 1. The zero-order chi connectivity index (χ0) is 13.0. The minimum Gasteiger partial charge on any atom is -0.481 e. The lowest BCUT2D eigenvalue weighted by molar-refractivity contribution is -0.137. The van der Waals surface area contributed by atoms with Crippen LogP contribution in [0.5, 0.6) is 0 Å². The average molecular weight is 242 g/mol. The third kappa shape index (κ3) is 2.91. The van der Waals surface area contributed by atoms with E-state index in [1.165, 1.54) is 0 Å². The maximum Gasteiger partial charge on any atom is 0.304 e. The molecule has 0 saturated heterocycles. The van der Waals surface area contributed by atoms with Crippen LogP contribution < -0.4 is 0 Å². The molecule has 0 radical (unpaired) electrons. The maximum absolute atomic E-state index is 11.0. The number of carboxylic acid groups (broad SMARTS) is 1. The third-order valence-electron chi connectivity index (χ3n) is 2.77. The fraction of sp³-hybridized carbons (Fsp3) is 0.214. The van der Waals surface area contributed by atoms with Crippen molar-refractivity contribution in [3.05, 3.63) is 59.4 Å². The van der Waals surface area contributed by atoms with Crippen molar-refractivity contribution in [3.63, 3.8) is 0 Å². The Morgan fingerprint density at radius 3 is 2.78 bits per heavy atom. The first-order valence-corrected chi connectivity index (χ1v) is 5.73. The molecule has 0 fully saturated rings. The van der Waals surface area contributed by atoms with Gasteiger partial charge < -0.3 is 5.11 Å². The summed E-state index contributed by atoms with van der Waals surface area (Å²) in [6.45, 7) is 1.98. The Bertz CT molecular complexity index is 541. The second-order valence-electron chi connectivity index (χ2n) is 4.21. The molecule has 1 aromatic carbocycles. The fourth-order valence-corrected chi connectivity index (χ4v) is 1.95. The molecule has 0 spiro atoms. The van der Waals surface area contributed by atoms with Crippen molar-refractivity contribution in [2.75, 3.05) is 0 Å². The van der Waals surface area contributed by atoms with Crippen LogP contribution in [0.3, 0.4) is 0 Å². The van der Waals surface area contributed by atoms with E-state index in [1.807, 2.05) is 37.3 Å². The van der Waals surface area contributed by atoms with Crippen LogP contribution in [0.1, 0.15) is 29.2 Å². The Kier molecular flexibility index (Phi) is 3.67. The lowest BCUT2D eigenvalue weighted by atomic mass is 9.91. The first-order chi connectivity index (χ1) is 8.66. The Morgan fingerprint density at radius 2 is 2.17 bits per heavy atom. The summed E-state index contributed by atoms with van der Waals surface area (Å²) in [4.78, 5) is 11.0. The van der Waals surface area contributed by atoms with Gasteiger partial charge in [-0.2, -0.15) is 10.2 Å². The van der Waals surface area contributed by atoms with Crippen LogP contribution in [0.25, 0.3) is 0 Å². The minimum atomic E-state index is -0.841. The Labute approximate surface area is 105 Å². The summed E-state index contributed by atoms with van der Waals surface area (Å²) in [7, 11) is 0. The van der Waals surface area contributed by atoms with Gasteiger partial charge >= 0.3 is 5.97 Å². The molecule has 0 amide bonds. The quantitative estimate of drug-likeness (QED) is 0.894. The van der Waals surface area contributed by atoms with Gasteiger partial charge in [-0.05, 0) is 24.6 Å². The molecule has 18 heavy (non-hydrogen) atoms. The Morgan fingerprint density at radius 1 is 1.33 bits per heavy atom. The van der Waals surface area contributed by atoms with Gasteiger partial charge in [0.15, 0.2) is 0 Å². The summed E-state index contributed by atoms with van der Waals surface area (Å²) in [5.74, 6) is -1.09. The van der Waals surface area contributed by atoms with E-state index in [2.05, 4.69) is 10.2 Å². The second-order valence-corrected chi connectivity index (χ2v) is 4.21. The lowest BCUT2D eigenvalue weighted by Crippen LogP contribution is -2.10. The van der Waals surface area contributed by atoms with E-state index in [-0.39, 0.29) is 12.3 Å². The average Bonchev–Trinajstić information content (AvgIpc) is 2.37. The number of carboxylic acids is 1. The summed E-state index contributed by atoms with van der Waals surface area (Å²) in [6, 6.07) is 11.4. The van der Waals surface area contributed by atoms with Gasteiger partial charge in [0.05, 0.1) is 12.1 Å². The van der Waals surface area contributed by atoms with E-state index in [0.717, 1.165) is 11.1 Å². The zero-order valence-electron chi connectivity index (χ0n) is 10.1. The molecular formula is C14H14N2O2. The van der Waals surface area contributed by atoms with E-state index in [4.69, 9.17) is 5.11 Å². The van der Waals surface area contributed by atoms with E-state index in [0.29, 0.717) is 5.69 Å². The molecule has 1 atom stereocenters. The van der Waals surface area contributed by atoms with Crippen LogP contribution in [0.4, 0.5) is 0 Å². The first kappa shape index (κ1) is 12.2. The number of aliphatic carboxylic acids is 1. The minimum absolute atomic E-state index is 0.0160. The van der Waals surface area contributed by atoms with E-state index in [9.17, 15) is 4.79 Å². The summed E-state index contributed by atoms with van der Waals surface area (Å²) in [5, 5.41) is 16.9. The predicted molar refractivity (Wildman–Crippen MR) is 67.3 cm³/mol. The van der Waals surface area contributed by atoms with E-state index >= 15 is 0 Å². The molecule has 1 unspecified atom stereocenters. The predicted octanol–water partition coefficient (Wildman–Crippen LogP) is 2.39. The standard InChI is InChI=1S/C14H14N2O2/c1-10-4-2-5-11(8-10)12(9-14(17)18)13-6-3-7-15-16-13/h2-8,12H,9H2,1H3,(H,17,18). The molecular weight excluding hydrogens is 228 g/mol.